The lowest BCUT2D eigenvalue weighted by Crippen LogP contribution is -2.33. The van der Waals surface area contributed by atoms with E-state index >= 15 is 0 Å². The van der Waals surface area contributed by atoms with E-state index in [9.17, 15) is 4.79 Å². The number of piperidine rings is 1. The fourth-order valence-corrected chi connectivity index (χ4v) is 2.62. The van der Waals surface area contributed by atoms with Crippen molar-refractivity contribution in [2.45, 2.75) is 19.3 Å². The van der Waals surface area contributed by atoms with Gasteiger partial charge in [0.15, 0.2) is 0 Å². The molecule has 3 nitrogen and oxygen atoms in total. The van der Waals surface area contributed by atoms with E-state index in [1.54, 1.807) is 0 Å². The molecule has 1 aliphatic heterocycles. The molecule has 1 saturated heterocycles. The number of amides is 1. The molecule has 98 valence electrons. The molecule has 4 heteroatoms. The van der Waals surface area contributed by atoms with Crippen molar-refractivity contribution >= 4 is 28.5 Å². The van der Waals surface area contributed by atoms with Crippen LogP contribution in [0.15, 0.2) is 24.3 Å². The van der Waals surface area contributed by atoms with Gasteiger partial charge in [-0.1, -0.05) is 0 Å². The highest BCUT2D eigenvalue weighted by Crippen LogP contribution is 2.13. The van der Waals surface area contributed by atoms with Crippen LogP contribution in [0.25, 0.3) is 0 Å². The first kappa shape index (κ1) is 13.8. The number of hydrogen-bond acceptors (Lipinski definition) is 2. The lowest BCUT2D eigenvalue weighted by molar-refractivity contribution is 0.0950. The lowest BCUT2D eigenvalue weighted by Gasteiger charge is -2.22. The van der Waals surface area contributed by atoms with Crippen molar-refractivity contribution in [1.82, 2.24) is 10.6 Å². The maximum absolute atomic E-state index is 11.9. The normalized spacial score (nSPS) is 19.5. The van der Waals surface area contributed by atoms with Gasteiger partial charge in [0.1, 0.15) is 0 Å². The van der Waals surface area contributed by atoms with Crippen LogP contribution in [0.3, 0.4) is 0 Å². The minimum Gasteiger partial charge on any atom is -0.352 e. The first-order valence-electron chi connectivity index (χ1n) is 6.50. The van der Waals surface area contributed by atoms with Crippen LogP contribution >= 0.6 is 22.6 Å². The number of hydrogen-bond donors (Lipinski definition) is 2. The van der Waals surface area contributed by atoms with Gasteiger partial charge in [-0.15, -0.1) is 0 Å². The Morgan fingerprint density at radius 3 is 2.83 bits per heavy atom. The zero-order valence-corrected chi connectivity index (χ0v) is 12.6. The molecule has 0 spiro atoms. The summed E-state index contributed by atoms with van der Waals surface area (Å²) in [5.74, 6) is 0.756. The quantitative estimate of drug-likeness (QED) is 0.812. The Labute approximate surface area is 122 Å². The van der Waals surface area contributed by atoms with Gasteiger partial charge < -0.3 is 10.6 Å². The maximum Gasteiger partial charge on any atom is 0.251 e. The number of halogens is 1. The molecular weight excluding hydrogens is 339 g/mol. The molecule has 1 unspecified atom stereocenters. The van der Waals surface area contributed by atoms with Crippen LogP contribution in [0.2, 0.25) is 0 Å². The van der Waals surface area contributed by atoms with Gasteiger partial charge in [0.2, 0.25) is 0 Å². The number of carbonyl (C=O) groups is 1. The summed E-state index contributed by atoms with van der Waals surface area (Å²) in [5, 5.41) is 6.39. The van der Waals surface area contributed by atoms with Crippen molar-refractivity contribution in [3.8, 4) is 0 Å². The number of nitrogens with one attached hydrogen (secondary N) is 2. The molecule has 2 N–H and O–H groups in total. The largest absolute Gasteiger partial charge is 0.352 e. The van der Waals surface area contributed by atoms with Crippen molar-refractivity contribution in [3.63, 3.8) is 0 Å². The van der Waals surface area contributed by atoms with Crippen LogP contribution in [0.5, 0.6) is 0 Å². The third kappa shape index (κ3) is 4.24. The topological polar surface area (TPSA) is 41.1 Å². The minimum atomic E-state index is 0.0372. The predicted molar refractivity (Wildman–Crippen MR) is 81.7 cm³/mol. The smallest absolute Gasteiger partial charge is 0.251 e. The van der Waals surface area contributed by atoms with Crippen LogP contribution in [0.4, 0.5) is 0 Å². The second-order valence-corrected chi connectivity index (χ2v) is 6.01. The Kier molecular flexibility index (Phi) is 5.44. The maximum atomic E-state index is 11.9. The molecule has 2 rings (SSSR count). The molecule has 0 radical (unpaired) electrons. The average Bonchev–Trinajstić information content (AvgIpc) is 2.40. The molecular formula is C14H19IN2O. The summed E-state index contributed by atoms with van der Waals surface area (Å²) in [6.07, 6.45) is 3.62. The molecule has 1 aliphatic rings. The Morgan fingerprint density at radius 1 is 1.39 bits per heavy atom. The zero-order valence-electron chi connectivity index (χ0n) is 10.4. The molecule has 1 atom stereocenters. The van der Waals surface area contributed by atoms with E-state index in [2.05, 4.69) is 33.2 Å². The van der Waals surface area contributed by atoms with Gasteiger partial charge in [-0.3, -0.25) is 4.79 Å². The Balaban J connectivity index is 1.72. The molecule has 1 heterocycles. The second kappa shape index (κ2) is 7.09. The molecule has 0 aromatic heterocycles. The third-order valence-corrected chi connectivity index (χ3v) is 4.06. The van der Waals surface area contributed by atoms with E-state index in [1.807, 2.05) is 24.3 Å². The first-order valence-corrected chi connectivity index (χ1v) is 7.58. The van der Waals surface area contributed by atoms with Gasteiger partial charge >= 0.3 is 0 Å². The highest BCUT2D eigenvalue weighted by Gasteiger charge is 2.13. The molecule has 1 aromatic carbocycles. The van der Waals surface area contributed by atoms with Gasteiger partial charge in [0.05, 0.1) is 0 Å². The van der Waals surface area contributed by atoms with Crippen LogP contribution in [0.1, 0.15) is 29.6 Å². The van der Waals surface area contributed by atoms with E-state index in [4.69, 9.17) is 0 Å². The molecule has 18 heavy (non-hydrogen) atoms. The second-order valence-electron chi connectivity index (χ2n) is 4.76. The zero-order chi connectivity index (χ0) is 12.8. The van der Waals surface area contributed by atoms with Crippen molar-refractivity contribution in [2.75, 3.05) is 19.6 Å². The first-order chi connectivity index (χ1) is 8.75. The Hall–Kier alpha value is -0.620. The molecule has 0 bridgehead atoms. The fourth-order valence-electron chi connectivity index (χ4n) is 2.26. The Morgan fingerprint density at radius 2 is 2.17 bits per heavy atom. The van der Waals surface area contributed by atoms with Crippen LogP contribution < -0.4 is 10.6 Å². The van der Waals surface area contributed by atoms with Gasteiger partial charge in [0.25, 0.3) is 5.91 Å². The van der Waals surface area contributed by atoms with Crippen molar-refractivity contribution in [3.05, 3.63) is 33.4 Å². The van der Waals surface area contributed by atoms with Crippen molar-refractivity contribution in [1.29, 1.82) is 0 Å². The number of carbonyl (C=O) groups excluding carboxylic acids is 1. The summed E-state index contributed by atoms with van der Waals surface area (Å²) in [5.41, 5.74) is 0.747. The molecule has 0 saturated carbocycles. The fraction of sp³-hybridized carbons (Fsp3) is 0.500. The van der Waals surface area contributed by atoms with E-state index in [1.165, 1.54) is 12.8 Å². The molecule has 0 aliphatic carbocycles. The summed E-state index contributed by atoms with van der Waals surface area (Å²) >= 11 is 2.24. The van der Waals surface area contributed by atoms with Gasteiger partial charge in [-0.25, -0.2) is 0 Å². The van der Waals surface area contributed by atoms with Gasteiger partial charge in [-0.2, -0.15) is 0 Å². The highest BCUT2D eigenvalue weighted by molar-refractivity contribution is 14.1. The average molecular weight is 358 g/mol. The summed E-state index contributed by atoms with van der Waals surface area (Å²) in [4.78, 5) is 11.9. The van der Waals surface area contributed by atoms with E-state index in [0.717, 1.165) is 41.1 Å². The van der Waals surface area contributed by atoms with Crippen LogP contribution in [-0.2, 0) is 0 Å². The Bertz CT molecular complexity index is 385. The number of benzene rings is 1. The van der Waals surface area contributed by atoms with Gasteiger partial charge in [-0.05, 0) is 85.1 Å². The van der Waals surface area contributed by atoms with E-state index < -0.39 is 0 Å². The van der Waals surface area contributed by atoms with Crippen LogP contribution in [-0.4, -0.2) is 25.5 Å². The minimum absolute atomic E-state index is 0.0372. The third-order valence-electron chi connectivity index (χ3n) is 3.34. The van der Waals surface area contributed by atoms with Gasteiger partial charge in [0, 0.05) is 15.7 Å². The molecule has 1 amide bonds. The summed E-state index contributed by atoms with van der Waals surface area (Å²) in [6.45, 7) is 3.02. The summed E-state index contributed by atoms with van der Waals surface area (Å²) < 4.78 is 1.15. The monoisotopic (exact) mass is 358 g/mol. The van der Waals surface area contributed by atoms with Crippen molar-refractivity contribution < 1.29 is 4.79 Å². The predicted octanol–water partition coefficient (Wildman–Crippen LogP) is 2.41. The van der Waals surface area contributed by atoms with E-state index in [0.29, 0.717) is 0 Å². The van der Waals surface area contributed by atoms with Crippen LogP contribution in [0, 0.1) is 9.49 Å². The summed E-state index contributed by atoms with van der Waals surface area (Å²) in [6, 6.07) is 7.67. The standard InChI is InChI=1S/C14H19IN2O/c15-13-5-3-12(4-6-13)14(18)17-9-7-11-2-1-8-16-10-11/h3-6,11,16H,1-2,7-10H2,(H,17,18). The van der Waals surface area contributed by atoms with Crippen molar-refractivity contribution in [2.24, 2.45) is 5.92 Å². The molecule has 1 aromatic rings. The lowest BCUT2D eigenvalue weighted by atomic mass is 9.96. The molecule has 1 fully saturated rings. The van der Waals surface area contributed by atoms with E-state index in [-0.39, 0.29) is 5.91 Å². The number of rotatable bonds is 4. The highest BCUT2D eigenvalue weighted by atomic mass is 127. The summed E-state index contributed by atoms with van der Waals surface area (Å²) in [7, 11) is 0. The SMILES string of the molecule is O=C(NCCC1CCCNC1)c1ccc(I)cc1.